The number of ether oxygens (including phenoxy) is 1. The summed E-state index contributed by atoms with van der Waals surface area (Å²) in [6, 6.07) is 2.55. The number of esters is 1. The van der Waals surface area contributed by atoms with Crippen molar-refractivity contribution in [1.29, 1.82) is 0 Å². The Balaban J connectivity index is 2.22. The molecule has 1 saturated carbocycles. The van der Waals surface area contributed by atoms with Gasteiger partial charge in [0.05, 0.1) is 22.6 Å². The van der Waals surface area contributed by atoms with Crippen molar-refractivity contribution in [2.24, 2.45) is 5.92 Å². The number of nitro groups is 1. The number of methoxy groups -OCH3 is 1. The summed E-state index contributed by atoms with van der Waals surface area (Å²) in [5.41, 5.74) is 0.146. The molecule has 0 bridgehead atoms. The first kappa shape index (κ1) is 14.6. The van der Waals surface area contributed by atoms with Gasteiger partial charge in [0.2, 0.25) is 0 Å². The number of hydrogen-bond donors (Lipinski definition) is 1. The predicted octanol–water partition coefficient (Wildman–Crippen LogP) is 3.25. The Labute approximate surface area is 121 Å². The van der Waals surface area contributed by atoms with Gasteiger partial charge < -0.3 is 10.1 Å². The largest absolute Gasteiger partial charge is 0.465 e. The number of carbonyl (C=O) groups excluding carboxylic acids is 1. The zero-order valence-electron chi connectivity index (χ0n) is 11.0. The van der Waals surface area contributed by atoms with E-state index in [1.54, 1.807) is 0 Å². The number of hydrogen-bond acceptors (Lipinski definition) is 5. The number of nitrogens with zero attached hydrogens (tertiary/aromatic N) is 1. The normalized spacial score (nSPS) is 13.9. The zero-order valence-corrected chi connectivity index (χ0v) is 11.8. The highest BCUT2D eigenvalue weighted by Gasteiger charge is 2.23. The molecule has 0 unspecified atom stereocenters. The number of carbonyl (C=O) groups is 1. The summed E-state index contributed by atoms with van der Waals surface area (Å²) in [5.74, 6) is 0.0361. The second-order valence-electron chi connectivity index (χ2n) is 4.76. The van der Waals surface area contributed by atoms with Crippen LogP contribution in [0.25, 0.3) is 0 Å². The molecule has 1 aromatic carbocycles. The molecule has 0 radical (unpaired) electrons. The van der Waals surface area contributed by atoms with Gasteiger partial charge in [-0.2, -0.15) is 0 Å². The molecule has 1 fully saturated rings. The van der Waals surface area contributed by atoms with Crippen molar-refractivity contribution in [1.82, 2.24) is 0 Å². The van der Waals surface area contributed by atoms with Crippen LogP contribution in [0.2, 0.25) is 5.02 Å². The van der Waals surface area contributed by atoms with Crippen LogP contribution < -0.4 is 5.32 Å². The highest BCUT2D eigenvalue weighted by atomic mass is 35.5. The number of anilines is 1. The van der Waals surface area contributed by atoms with Crippen molar-refractivity contribution in [2.45, 2.75) is 19.3 Å². The number of halogens is 1. The summed E-state index contributed by atoms with van der Waals surface area (Å²) in [4.78, 5) is 22.0. The molecule has 6 nitrogen and oxygen atoms in total. The summed E-state index contributed by atoms with van der Waals surface area (Å²) >= 11 is 5.97. The molecule has 0 aliphatic heterocycles. The van der Waals surface area contributed by atoms with Crippen LogP contribution in [-0.2, 0) is 4.74 Å². The molecule has 2 rings (SSSR count). The molecular formula is C13H15ClN2O4. The second kappa shape index (κ2) is 6.09. The van der Waals surface area contributed by atoms with Gasteiger partial charge in [0.1, 0.15) is 5.69 Å². The second-order valence-corrected chi connectivity index (χ2v) is 5.16. The highest BCUT2D eigenvalue weighted by molar-refractivity contribution is 6.34. The molecule has 0 atom stereocenters. The topological polar surface area (TPSA) is 81.5 Å². The van der Waals surface area contributed by atoms with E-state index >= 15 is 0 Å². The fourth-order valence-corrected chi connectivity index (χ4v) is 2.18. The van der Waals surface area contributed by atoms with Gasteiger partial charge in [-0.3, -0.25) is 10.1 Å². The molecule has 0 amide bonds. The molecule has 1 N–H and O–H groups in total. The van der Waals surface area contributed by atoms with Crippen LogP contribution in [0.4, 0.5) is 11.4 Å². The summed E-state index contributed by atoms with van der Waals surface area (Å²) in [7, 11) is 1.20. The first-order valence-corrected chi connectivity index (χ1v) is 6.71. The van der Waals surface area contributed by atoms with E-state index in [-0.39, 0.29) is 16.3 Å². The lowest BCUT2D eigenvalue weighted by molar-refractivity contribution is -0.384. The molecular weight excluding hydrogens is 284 g/mol. The molecule has 0 saturated heterocycles. The number of benzene rings is 1. The van der Waals surface area contributed by atoms with Crippen LogP contribution in [0.15, 0.2) is 12.1 Å². The minimum atomic E-state index is -0.692. The standard InChI is InChI=1S/C13H15ClN2O4/c1-20-13(17)9-6-12(16(18)19)11(7-10(9)14)15-5-4-8-2-3-8/h6-8,15H,2-5H2,1H3. The maximum Gasteiger partial charge on any atom is 0.339 e. The monoisotopic (exact) mass is 298 g/mol. The van der Waals surface area contributed by atoms with Gasteiger partial charge in [-0.15, -0.1) is 0 Å². The molecule has 7 heteroatoms. The first-order valence-electron chi connectivity index (χ1n) is 6.33. The van der Waals surface area contributed by atoms with Crippen LogP contribution in [-0.4, -0.2) is 24.5 Å². The van der Waals surface area contributed by atoms with Crippen molar-refractivity contribution in [2.75, 3.05) is 19.0 Å². The minimum Gasteiger partial charge on any atom is -0.465 e. The molecule has 20 heavy (non-hydrogen) atoms. The Morgan fingerprint density at radius 1 is 1.55 bits per heavy atom. The molecule has 1 aliphatic rings. The van der Waals surface area contributed by atoms with Gasteiger partial charge in [-0.1, -0.05) is 24.4 Å². The van der Waals surface area contributed by atoms with Crippen molar-refractivity contribution in [3.63, 3.8) is 0 Å². The molecule has 108 valence electrons. The fraction of sp³-hybridized carbons (Fsp3) is 0.462. The summed E-state index contributed by atoms with van der Waals surface area (Å²) < 4.78 is 4.55. The Kier molecular flexibility index (Phi) is 4.44. The minimum absolute atomic E-state index is 0.00592. The lowest BCUT2D eigenvalue weighted by atomic mass is 10.1. The molecule has 1 aliphatic carbocycles. The van der Waals surface area contributed by atoms with Crippen molar-refractivity contribution in [3.05, 3.63) is 32.8 Å². The molecule has 0 heterocycles. The van der Waals surface area contributed by atoms with Crippen LogP contribution >= 0.6 is 11.6 Å². The average molecular weight is 299 g/mol. The van der Waals surface area contributed by atoms with E-state index in [2.05, 4.69) is 10.1 Å². The Bertz CT molecular complexity index is 543. The van der Waals surface area contributed by atoms with Gasteiger partial charge in [0, 0.05) is 12.6 Å². The van der Waals surface area contributed by atoms with Crippen molar-refractivity contribution < 1.29 is 14.5 Å². The van der Waals surface area contributed by atoms with E-state index in [1.165, 1.54) is 26.0 Å². The smallest absolute Gasteiger partial charge is 0.339 e. The quantitative estimate of drug-likeness (QED) is 0.495. The predicted molar refractivity (Wildman–Crippen MR) is 75.3 cm³/mol. The Morgan fingerprint density at radius 2 is 2.25 bits per heavy atom. The lowest BCUT2D eigenvalue weighted by Crippen LogP contribution is -2.08. The summed E-state index contributed by atoms with van der Waals surface area (Å²) in [5, 5.41) is 14.2. The van der Waals surface area contributed by atoms with Crippen LogP contribution in [0.3, 0.4) is 0 Å². The van der Waals surface area contributed by atoms with Crippen molar-refractivity contribution >= 4 is 28.9 Å². The average Bonchev–Trinajstić information content (AvgIpc) is 3.21. The highest BCUT2D eigenvalue weighted by Crippen LogP contribution is 2.34. The van der Waals surface area contributed by atoms with Crippen LogP contribution in [0, 0.1) is 16.0 Å². The Morgan fingerprint density at radius 3 is 2.80 bits per heavy atom. The third kappa shape index (κ3) is 3.39. The van der Waals surface area contributed by atoms with Crippen LogP contribution in [0.1, 0.15) is 29.6 Å². The molecule has 1 aromatic rings. The van der Waals surface area contributed by atoms with E-state index in [9.17, 15) is 14.9 Å². The summed E-state index contributed by atoms with van der Waals surface area (Å²) in [6.07, 6.45) is 3.44. The fourth-order valence-electron chi connectivity index (χ4n) is 1.94. The Hall–Kier alpha value is -1.82. The number of nitrogens with one attached hydrogen (secondary N) is 1. The van der Waals surface area contributed by atoms with E-state index < -0.39 is 10.9 Å². The van der Waals surface area contributed by atoms with E-state index in [0.29, 0.717) is 12.2 Å². The first-order chi connectivity index (χ1) is 9.52. The molecule has 0 spiro atoms. The third-order valence-corrected chi connectivity index (χ3v) is 3.57. The maximum atomic E-state index is 11.5. The van der Waals surface area contributed by atoms with E-state index in [0.717, 1.165) is 18.4 Å². The van der Waals surface area contributed by atoms with E-state index in [4.69, 9.17) is 11.6 Å². The number of rotatable bonds is 6. The SMILES string of the molecule is COC(=O)c1cc([N+](=O)[O-])c(NCCC2CC2)cc1Cl. The molecule has 0 aromatic heterocycles. The third-order valence-electron chi connectivity index (χ3n) is 3.25. The van der Waals surface area contributed by atoms with Crippen molar-refractivity contribution in [3.8, 4) is 0 Å². The van der Waals surface area contributed by atoms with Gasteiger partial charge in [0.25, 0.3) is 5.69 Å². The number of nitro benzene ring substituents is 1. The van der Waals surface area contributed by atoms with Gasteiger partial charge in [-0.05, 0) is 18.4 Å². The van der Waals surface area contributed by atoms with Gasteiger partial charge >= 0.3 is 5.97 Å². The zero-order chi connectivity index (χ0) is 14.7. The van der Waals surface area contributed by atoms with Gasteiger partial charge in [0.15, 0.2) is 0 Å². The lowest BCUT2D eigenvalue weighted by Gasteiger charge is -2.09. The van der Waals surface area contributed by atoms with E-state index in [1.807, 2.05) is 0 Å². The van der Waals surface area contributed by atoms with Gasteiger partial charge in [-0.25, -0.2) is 4.79 Å². The maximum absolute atomic E-state index is 11.5. The summed E-state index contributed by atoms with van der Waals surface area (Å²) in [6.45, 7) is 0.652. The van der Waals surface area contributed by atoms with Crippen LogP contribution in [0.5, 0.6) is 0 Å².